The number of amides is 2. The van der Waals surface area contributed by atoms with E-state index < -0.39 is 17.8 Å². The van der Waals surface area contributed by atoms with E-state index in [1.165, 1.54) is 12.1 Å². The van der Waals surface area contributed by atoms with Crippen LogP contribution < -0.4 is 21.3 Å². The zero-order chi connectivity index (χ0) is 15.4. The molecule has 21 heavy (non-hydrogen) atoms. The summed E-state index contributed by atoms with van der Waals surface area (Å²) in [7, 11) is 0. The Kier molecular flexibility index (Phi) is 4.74. The molecule has 1 saturated heterocycles. The van der Waals surface area contributed by atoms with Crippen LogP contribution in [-0.2, 0) is 4.79 Å². The minimum atomic E-state index is -0.837. The maximum absolute atomic E-state index is 13.9. The van der Waals surface area contributed by atoms with Crippen molar-refractivity contribution >= 4 is 17.5 Å². The topological polar surface area (TPSA) is 87.5 Å². The van der Waals surface area contributed by atoms with E-state index in [4.69, 9.17) is 5.73 Å². The van der Waals surface area contributed by atoms with Gasteiger partial charge in [0.2, 0.25) is 5.91 Å². The van der Waals surface area contributed by atoms with Gasteiger partial charge in [-0.15, -0.1) is 0 Å². The molecule has 0 spiro atoms. The van der Waals surface area contributed by atoms with Crippen LogP contribution in [0.1, 0.15) is 17.3 Å². The lowest BCUT2D eigenvalue weighted by molar-refractivity contribution is -0.122. The smallest absolute Gasteiger partial charge is 0.253 e. The number of nitrogens with two attached hydrogens (primary N) is 1. The average Bonchev–Trinajstić information content (AvgIpc) is 2.47. The number of carbonyl (C=O) groups is 2. The second kappa shape index (κ2) is 6.53. The maximum atomic E-state index is 13.9. The van der Waals surface area contributed by atoms with E-state index >= 15 is 0 Å². The lowest BCUT2D eigenvalue weighted by Crippen LogP contribution is -2.58. The molecule has 2 amide bonds. The second-order valence-corrected chi connectivity index (χ2v) is 4.81. The third-order valence-electron chi connectivity index (χ3n) is 3.44. The molecule has 1 atom stereocenters. The summed E-state index contributed by atoms with van der Waals surface area (Å²) >= 11 is 0. The third-order valence-corrected chi connectivity index (χ3v) is 3.44. The molecule has 1 unspecified atom stereocenters. The summed E-state index contributed by atoms with van der Waals surface area (Å²) in [5, 5.41) is 5.87. The molecule has 0 bridgehead atoms. The summed E-state index contributed by atoms with van der Waals surface area (Å²) in [4.78, 5) is 25.4. The molecule has 1 aliphatic rings. The summed E-state index contributed by atoms with van der Waals surface area (Å²) in [6.45, 7) is 3.90. The molecule has 1 aromatic rings. The number of nitrogens with one attached hydrogen (secondary N) is 2. The lowest BCUT2D eigenvalue weighted by Gasteiger charge is -2.37. The number of primary amides is 1. The van der Waals surface area contributed by atoms with Gasteiger partial charge in [0.1, 0.15) is 11.9 Å². The molecule has 0 saturated carbocycles. The van der Waals surface area contributed by atoms with Crippen LogP contribution >= 0.6 is 0 Å². The van der Waals surface area contributed by atoms with Crippen LogP contribution in [0.4, 0.5) is 10.1 Å². The van der Waals surface area contributed by atoms with Crippen LogP contribution in [0.5, 0.6) is 0 Å². The Bertz CT molecular complexity index is 550. The second-order valence-electron chi connectivity index (χ2n) is 4.81. The summed E-state index contributed by atoms with van der Waals surface area (Å²) in [5.74, 6) is -1.67. The van der Waals surface area contributed by atoms with E-state index in [0.29, 0.717) is 31.9 Å². The molecule has 4 N–H and O–H groups in total. The fourth-order valence-electron chi connectivity index (χ4n) is 2.51. The highest BCUT2D eigenvalue weighted by Crippen LogP contribution is 2.25. The Morgan fingerprint density at radius 3 is 2.95 bits per heavy atom. The van der Waals surface area contributed by atoms with Gasteiger partial charge in [-0.1, -0.05) is 6.07 Å². The largest absolute Gasteiger partial charge is 0.365 e. The first-order valence-electron chi connectivity index (χ1n) is 6.89. The van der Waals surface area contributed by atoms with Crippen LogP contribution in [-0.4, -0.2) is 44.0 Å². The standard InChI is InChI=1S/C14H19FN4O2/c1-2-18-14(21)11-8-17-6-7-19(11)10-5-3-4-9(15)12(10)13(16)20/h3-5,11,17H,2,6-8H2,1H3,(H2,16,20)(H,18,21). The molecule has 2 rings (SSSR count). The molecule has 0 aliphatic carbocycles. The highest BCUT2D eigenvalue weighted by atomic mass is 19.1. The molecular formula is C14H19FN4O2. The zero-order valence-corrected chi connectivity index (χ0v) is 11.9. The van der Waals surface area contributed by atoms with Gasteiger partial charge in [-0.05, 0) is 19.1 Å². The molecule has 1 heterocycles. The zero-order valence-electron chi connectivity index (χ0n) is 11.9. The van der Waals surface area contributed by atoms with Crippen molar-refractivity contribution in [2.24, 2.45) is 5.73 Å². The Morgan fingerprint density at radius 1 is 1.52 bits per heavy atom. The van der Waals surface area contributed by atoms with E-state index in [9.17, 15) is 14.0 Å². The number of nitrogens with zero attached hydrogens (tertiary/aromatic N) is 1. The first-order valence-corrected chi connectivity index (χ1v) is 6.89. The molecule has 6 nitrogen and oxygen atoms in total. The van der Waals surface area contributed by atoms with Crippen molar-refractivity contribution in [1.82, 2.24) is 10.6 Å². The molecule has 1 aliphatic heterocycles. The highest BCUT2D eigenvalue weighted by Gasteiger charge is 2.31. The number of piperazine rings is 1. The quantitative estimate of drug-likeness (QED) is 0.720. The van der Waals surface area contributed by atoms with E-state index in [0.717, 1.165) is 0 Å². The van der Waals surface area contributed by atoms with Gasteiger partial charge in [0.05, 0.1) is 11.3 Å². The SMILES string of the molecule is CCNC(=O)C1CNCCN1c1cccc(F)c1C(N)=O. The lowest BCUT2D eigenvalue weighted by atomic mass is 10.1. The Morgan fingerprint density at radius 2 is 2.29 bits per heavy atom. The van der Waals surface area contributed by atoms with Crippen molar-refractivity contribution in [2.75, 3.05) is 31.1 Å². The van der Waals surface area contributed by atoms with Crippen molar-refractivity contribution in [1.29, 1.82) is 0 Å². The molecule has 7 heteroatoms. The molecule has 0 aromatic heterocycles. The first-order chi connectivity index (χ1) is 10.1. The minimum Gasteiger partial charge on any atom is -0.365 e. The van der Waals surface area contributed by atoms with Gasteiger partial charge in [-0.25, -0.2) is 4.39 Å². The minimum absolute atomic E-state index is 0.163. The highest BCUT2D eigenvalue weighted by molar-refractivity contribution is 6.00. The van der Waals surface area contributed by atoms with Gasteiger partial charge in [-0.3, -0.25) is 9.59 Å². The number of hydrogen-bond donors (Lipinski definition) is 3. The Labute approximate surface area is 122 Å². The number of carbonyl (C=O) groups excluding carboxylic acids is 2. The Hall–Kier alpha value is -2.15. The van der Waals surface area contributed by atoms with Gasteiger partial charge in [0, 0.05) is 26.2 Å². The van der Waals surface area contributed by atoms with Crippen LogP contribution in [0.15, 0.2) is 18.2 Å². The fourth-order valence-corrected chi connectivity index (χ4v) is 2.51. The number of hydrogen-bond acceptors (Lipinski definition) is 4. The molecule has 1 fully saturated rings. The molecule has 114 valence electrons. The summed E-state index contributed by atoms with van der Waals surface area (Å²) in [6.07, 6.45) is 0. The first kappa shape index (κ1) is 15.2. The number of halogens is 1. The van der Waals surface area contributed by atoms with E-state index in [1.807, 2.05) is 6.92 Å². The van der Waals surface area contributed by atoms with Crippen LogP contribution in [0, 0.1) is 5.82 Å². The number of likely N-dealkylation sites (N-methyl/N-ethyl adjacent to an activating group) is 1. The fraction of sp³-hybridized carbons (Fsp3) is 0.429. The molecule has 1 aromatic carbocycles. The summed E-state index contributed by atoms with van der Waals surface area (Å²) in [6, 6.07) is 3.81. The summed E-state index contributed by atoms with van der Waals surface area (Å²) in [5.41, 5.74) is 5.47. The van der Waals surface area contributed by atoms with Crippen molar-refractivity contribution < 1.29 is 14.0 Å². The van der Waals surface area contributed by atoms with Crippen molar-refractivity contribution in [3.63, 3.8) is 0 Å². The third kappa shape index (κ3) is 3.13. The van der Waals surface area contributed by atoms with Gasteiger partial charge in [0.15, 0.2) is 0 Å². The molecule has 0 radical (unpaired) electrons. The maximum Gasteiger partial charge on any atom is 0.253 e. The number of benzene rings is 1. The monoisotopic (exact) mass is 294 g/mol. The van der Waals surface area contributed by atoms with Gasteiger partial charge in [0.25, 0.3) is 5.91 Å². The summed E-state index contributed by atoms with van der Waals surface area (Å²) < 4.78 is 13.9. The van der Waals surface area contributed by atoms with Crippen LogP contribution in [0.2, 0.25) is 0 Å². The average molecular weight is 294 g/mol. The predicted molar refractivity (Wildman–Crippen MR) is 77.6 cm³/mol. The van der Waals surface area contributed by atoms with E-state index in [-0.39, 0.29) is 11.5 Å². The van der Waals surface area contributed by atoms with E-state index in [1.54, 1.807) is 11.0 Å². The number of rotatable bonds is 4. The van der Waals surface area contributed by atoms with Crippen molar-refractivity contribution in [2.45, 2.75) is 13.0 Å². The van der Waals surface area contributed by atoms with Crippen molar-refractivity contribution in [3.05, 3.63) is 29.6 Å². The van der Waals surface area contributed by atoms with E-state index in [2.05, 4.69) is 10.6 Å². The molecular weight excluding hydrogens is 275 g/mol. The van der Waals surface area contributed by atoms with Gasteiger partial charge < -0.3 is 21.3 Å². The Balaban J connectivity index is 2.40. The van der Waals surface area contributed by atoms with Crippen LogP contribution in [0.3, 0.4) is 0 Å². The van der Waals surface area contributed by atoms with Gasteiger partial charge in [-0.2, -0.15) is 0 Å². The van der Waals surface area contributed by atoms with Crippen LogP contribution in [0.25, 0.3) is 0 Å². The van der Waals surface area contributed by atoms with Gasteiger partial charge >= 0.3 is 0 Å². The normalized spacial score (nSPS) is 18.4. The van der Waals surface area contributed by atoms with Crippen molar-refractivity contribution in [3.8, 4) is 0 Å². The predicted octanol–water partition coefficient (Wildman–Crippen LogP) is -0.161. The number of anilines is 1.